The van der Waals surface area contributed by atoms with E-state index in [-0.39, 0.29) is 11.9 Å². The van der Waals surface area contributed by atoms with Crippen LogP contribution in [-0.2, 0) is 4.79 Å². The average Bonchev–Trinajstić information content (AvgIpc) is 2.84. The summed E-state index contributed by atoms with van der Waals surface area (Å²) >= 11 is 0. The number of rotatable bonds is 5. The molecule has 0 aromatic carbocycles. The van der Waals surface area contributed by atoms with Crippen molar-refractivity contribution in [2.24, 2.45) is 17.3 Å². The van der Waals surface area contributed by atoms with Gasteiger partial charge in [-0.2, -0.15) is 0 Å². The first-order valence-electron chi connectivity index (χ1n) is 8.53. The maximum atomic E-state index is 12.4. The van der Waals surface area contributed by atoms with Crippen LogP contribution in [0.2, 0.25) is 0 Å². The van der Waals surface area contributed by atoms with E-state index in [1.54, 1.807) is 0 Å². The Hall–Kier alpha value is -0.570. The van der Waals surface area contributed by atoms with Crippen molar-refractivity contribution in [3.05, 3.63) is 0 Å². The summed E-state index contributed by atoms with van der Waals surface area (Å²) < 4.78 is 0. The Labute approximate surface area is 124 Å². The first-order chi connectivity index (χ1) is 9.52. The SMILES string of the molecule is CC(C)CC1(CNC(=O)C2NCCCC2C)CCCC1. The molecule has 0 bridgehead atoms. The Morgan fingerprint density at radius 3 is 2.60 bits per heavy atom. The van der Waals surface area contributed by atoms with Crippen LogP contribution in [0.25, 0.3) is 0 Å². The number of nitrogens with one attached hydrogen (secondary N) is 2. The molecule has 1 aliphatic carbocycles. The third kappa shape index (κ3) is 3.97. The monoisotopic (exact) mass is 280 g/mol. The molecular weight excluding hydrogens is 248 g/mol. The number of piperidine rings is 1. The largest absolute Gasteiger partial charge is 0.354 e. The predicted molar refractivity (Wildman–Crippen MR) is 83.6 cm³/mol. The summed E-state index contributed by atoms with van der Waals surface area (Å²) in [4.78, 5) is 12.4. The summed E-state index contributed by atoms with van der Waals surface area (Å²) in [5.41, 5.74) is 0.377. The van der Waals surface area contributed by atoms with E-state index in [4.69, 9.17) is 0 Å². The van der Waals surface area contributed by atoms with Crippen LogP contribution in [0.3, 0.4) is 0 Å². The molecule has 2 fully saturated rings. The molecule has 0 aromatic rings. The minimum Gasteiger partial charge on any atom is -0.354 e. The van der Waals surface area contributed by atoms with Crippen molar-refractivity contribution in [1.29, 1.82) is 0 Å². The second-order valence-corrected chi connectivity index (χ2v) is 7.57. The predicted octanol–water partition coefficient (Wildman–Crippen LogP) is 3.10. The molecular formula is C17H32N2O. The Kier molecular flexibility index (Phi) is 5.48. The lowest BCUT2D eigenvalue weighted by Crippen LogP contribution is -2.52. The van der Waals surface area contributed by atoms with Gasteiger partial charge in [0.25, 0.3) is 0 Å². The highest BCUT2D eigenvalue weighted by Gasteiger charge is 2.36. The van der Waals surface area contributed by atoms with E-state index in [9.17, 15) is 4.79 Å². The number of carbonyl (C=O) groups is 1. The molecule has 3 nitrogen and oxygen atoms in total. The summed E-state index contributed by atoms with van der Waals surface area (Å²) in [6.07, 6.45) is 8.87. The van der Waals surface area contributed by atoms with Crippen molar-refractivity contribution in [3.63, 3.8) is 0 Å². The Bertz CT molecular complexity index is 321. The fraction of sp³-hybridized carbons (Fsp3) is 0.941. The average molecular weight is 280 g/mol. The quantitative estimate of drug-likeness (QED) is 0.812. The topological polar surface area (TPSA) is 41.1 Å². The van der Waals surface area contributed by atoms with E-state index in [1.165, 1.54) is 44.9 Å². The Morgan fingerprint density at radius 2 is 2.00 bits per heavy atom. The fourth-order valence-corrected chi connectivity index (χ4v) is 4.23. The van der Waals surface area contributed by atoms with Gasteiger partial charge in [-0.3, -0.25) is 4.79 Å². The Morgan fingerprint density at radius 1 is 1.30 bits per heavy atom. The van der Waals surface area contributed by atoms with Gasteiger partial charge in [-0.1, -0.05) is 33.6 Å². The second kappa shape index (κ2) is 6.93. The van der Waals surface area contributed by atoms with Gasteiger partial charge in [0.05, 0.1) is 6.04 Å². The lowest BCUT2D eigenvalue weighted by molar-refractivity contribution is -0.125. The van der Waals surface area contributed by atoms with Crippen LogP contribution in [0.5, 0.6) is 0 Å². The van der Waals surface area contributed by atoms with Crippen molar-refractivity contribution in [2.45, 2.75) is 71.8 Å². The third-order valence-corrected chi connectivity index (χ3v) is 5.20. The number of hydrogen-bond acceptors (Lipinski definition) is 2. The van der Waals surface area contributed by atoms with E-state index < -0.39 is 0 Å². The van der Waals surface area contributed by atoms with Crippen molar-refractivity contribution in [2.75, 3.05) is 13.1 Å². The highest BCUT2D eigenvalue weighted by Crippen LogP contribution is 2.42. The molecule has 2 N–H and O–H groups in total. The lowest BCUT2D eigenvalue weighted by atomic mass is 9.78. The molecule has 1 saturated carbocycles. The van der Waals surface area contributed by atoms with Crippen LogP contribution < -0.4 is 10.6 Å². The minimum atomic E-state index is 0.0289. The molecule has 1 amide bonds. The maximum absolute atomic E-state index is 12.4. The van der Waals surface area contributed by atoms with E-state index in [2.05, 4.69) is 31.4 Å². The fourth-order valence-electron chi connectivity index (χ4n) is 4.23. The van der Waals surface area contributed by atoms with E-state index >= 15 is 0 Å². The molecule has 3 heteroatoms. The third-order valence-electron chi connectivity index (χ3n) is 5.20. The molecule has 0 aromatic heterocycles. The van der Waals surface area contributed by atoms with Gasteiger partial charge < -0.3 is 10.6 Å². The molecule has 2 rings (SSSR count). The van der Waals surface area contributed by atoms with Crippen molar-refractivity contribution >= 4 is 5.91 Å². The normalized spacial score (nSPS) is 29.6. The number of carbonyl (C=O) groups excluding carboxylic acids is 1. The molecule has 0 spiro atoms. The number of hydrogen-bond donors (Lipinski definition) is 2. The number of amides is 1. The molecule has 2 aliphatic rings. The minimum absolute atomic E-state index is 0.0289. The van der Waals surface area contributed by atoms with Crippen LogP contribution in [-0.4, -0.2) is 25.0 Å². The standard InChI is InChI=1S/C17H32N2O/c1-13(2)11-17(8-4-5-9-17)12-19-16(20)15-14(3)7-6-10-18-15/h13-15,18H,4-12H2,1-3H3,(H,19,20). The molecule has 1 heterocycles. The van der Waals surface area contributed by atoms with Gasteiger partial charge in [-0.15, -0.1) is 0 Å². The summed E-state index contributed by atoms with van der Waals surface area (Å²) in [6, 6.07) is 0.0289. The summed E-state index contributed by atoms with van der Waals surface area (Å²) in [6.45, 7) is 8.66. The Balaban J connectivity index is 1.87. The highest BCUT2D eigenvalue weighted by atomic mass is 16.2. The van der Waals surface area contributed by atoms with Gasteiger partial charge in [0.1, 0.15) is 0 Å². The van der Waals surface area contributed by atoms with Crippen molar-refractivity contribution in [3.8, 4) is 0 Å². The van der Waals surface area contributed by atoms with Crippen LogP contribution in [0, 0.1) is 17.3 Å². The van der Waals surface area contributed by atoms with Gasteiger partial charge >= 0.3 is 0 Å². The zero-order valence-corrected chi connectivity index (χ0v) is 13.5. The van der Waals surface area contributed by atoms with E-state index in [1.807, 2.05) is 0 Å². The lowest BCUT2D eigenvalue weighted by Gasteiger charge is -2.34. The summed E-state index contributed by atoms with van der Waals surface area (Å²) in [5.74, 6) is 1.41. The first kappa shape index (κ1) is 15.8. The zero-order chi connectivity index (χ0) is 14.6. The van der Waals surface area contributed by atoms with E-state index in [0.717, 1.165) is 19.0 Å². The van der Waals surface area contributed by atoms with Gasteiger partial charge in [0, 0.05) is 6.54 Å². The van der Waals surface area contributed by atoms with Crippen LogP contribution in [0.1, 0.15) is 65.7 Å². The van der Waals surface area contributed by atoms with Crippen molar-refractivity contribution in [1.82, 2.24) is 10.6 Å². The molecule has 1 saturated heterocycles. The molecule has 2 atom stereocenters. The van der Waals surface area contributed by atoms with Crippen molar-refractivity contribution < 1.29 is 4.79 Å². The van der Waals surface area contributed by atoms with Gasteiger partial charge in [-0.05, 0) is 55.9 Å². The van der Waals surface area contributed by atoms with Gasteiger partial charge in [0.2, 0.25) is 5.91 Å². The first-order valence-corrected chi connectivity index (χ1v) is 8.53. The zero-order valence-electron chi connectivity index (χ0n) is 13.5. The van der Waals surface area contributed by atoms with E-state index in [0.29, 0.717) is 11.3 Å². The summed E-state index contributed by atoms with van der Waals surface area (Å²) in [7, 11) is 0. The van der Waals surface area contributed by atoms with Crippen LogP contribution in [0.15, 0.2) is 0 Å². The smallest absolute Gasteiger partial charge is 0.237 e. The van der Waals surface area contributed by atoms with Gasteiger partial charge in [0.15, 0.2) is 0 Å². The molecule has 1 aliphatic heterocycles. The molecule has 20 heavy (non-hydrogen) atoms. The second-order valence-electron chi connectivity index (χ2n) is 7.57. The molecule has 116 valence electrons. The van der Waals surface area contributed by atoms with Crippen LogP contribution in [0.4, 0.5) is 0 Å². The maximum Gasteiger partial charge on any atom is 0.237 e. The van der Waals surface area contributed by atoms with Gasteiger partial charge in [-0.25, -0.2) is 0 Å². The molecule has 0 radical (unpaired) electrons. The summed E-state index contributed by atoms with van der Waals surface area (Å²) in [5, 5.41) is 6.65. The van der Waals surface area contributed by atoms with Crippen LogP contribution >= 0.6 is 0 Å². The highest BCUT2D eigenvalue weighted by molar-refractivity contribution is 5.82. The molecule has 2 unspecified atom stereocenters.